The molecule has 8 nitrogen and oxygen atoms in total. The minimum atomic E-state index is -0.662. The molecule has 0 aromatic heterocycles. The van der Waals surface area contributed by atoms with Gasteiger partial charge in [-0.15, -0.1) is 0 Å². The number of carbonyl (C=O) groups excluding carboxylic acids is 2. The molecule has 0 saturated carbocycles. The zero-order chi connectivity index (χ0) is 31.4. The number of ketones is 1. The van der Waals surface area contributed by atoms with Crippen molar-refractivity contribution in [1.29, 1.82) is 0 Å². The van der Waals surface area contributed by atoms with Crippen LogP contribution in [0, 0.1) is 0 Å². The minimum Gasteiger partial charge on any atom is -0.493 e. The van der Waals surface area contributed by atoms with Crippen LogP contribution in [0.2, 0.25) is 0 Å². The van der Waals surface area contributed by atoms with Crippen molar-refractivity contribution >= 4 is 27.7 Å². The predicted octanol–water partition coefficient (Wildman–Crippen LogP) is 6.63. The zero-order valence-corrected chi connectivity index (χ0v) is 27.1. The van der Waals surface area contributed by atoms with E-state index in [-0.39, 0.29) is 24.7 Å². The number of esters is 1. The molecular formula is C35H36BrNO7. The molecule has 2 atom stereocenters. The molecule has 0 fully saturated rings. The Balaban J connectivity index is 1.53. The molecule has 3 aromatic rings. The number of methoxy groups -OCH3 is 4. The Kier molecular flexibility index (Phi) is 9.64. The normalized spacial score (nSPS) is 17.9. The Morgan fingerprint density at radius 1 is 0.864 bits per heavy atom. The predicted molar refractivity (Wildman–Crippen MR) is 170 cm³/mol. The summed E-state index contributed by atoms with van der Waals surface area (Å²) < 4.78 is 28.6. The first-order valence-electron chi connectivity index (χ1n) is 14.4. The molecule has 1 N–H and O–H groups in total. The van der Waals surface area contributed by atoms with Crippen LogP contribution in [0.15, 0.2) is 87.7 Å². The first-order chi connectivity index (χ1) is 21.3. The van der Waals surface area contributed by atoms with Crippen molar-refractivity contribution < 1.29 is 33.3 Å². The van der Waals surface area contributed by atoms with E-state index in [1.54, 1.807) is 28.4 Å². The Morgan fingerprint density at radius 2 is 1.57 bits per heavy atom. The van der Waals surface area contributed by atoms with Gasteiger partial charge in [0, 0.05) is 35.7 Å². The first-order valence-corrected chi connectivity index (χ1v) is 15.2. The summed E-state index contributed by atoms with van der Waals surface area (Å²) in [5.74, 6) is 0.985. The second-order valence-electron chi connectivity index (χ2n) is 10.7. The van der Waals surface area contributed by atoms with Gasteiger partial charge in [0.15, 0.2) is 28.8 Å². The van der Waals surface area contributed by atoms with Crippen molar-refractivity contribution in [3.63, 3.8) is 0 Å². The van der Waals surface area contributed by atoms with Crippen molar-refractivity contribution in [2.75, 3.05) is 35.0 Å². The molecule has 3 aromatic carbocycles. The third-order valence-electron chi connectivity index (χ3n) is 8.18. The molecule has 0 amide bonds. The zero-order valence-electron chi connectivity index (χ0n) is 25.5. The number of Topliss-reactive ketones (excluding diaryl/α,β-unsaturated/α-hetero) is 1. The first kappa shape index (κ1) is 31.2. The van der Waals surface area contributed by atoms with Crippen LogP contribution < -0.4 is 24.3 Å². The number of nitrogens with one attached hydrogen (secondary N) is 1. The van der Waals surface area contributed by atoms with Gasteiger partial charge >= 0.3 is 5.97 Å². The fourth-order valence-corrected chi connectivity index (χ4v) is 6.70. The number of benzene rings is 3. The lowest BCUT2D eigenvalue weighted by Crippen LogP contribution is -2.36. The number of allylic oxidation sites excluding steroid dienone is 3. The highest BCUT2D eigenvalue weighted by Crippen LogP contribution is 2.49. The Labute approximate surface area is 266 Å². The van der Waals surface area contributed by atoms with Crippen molar-refractivity contribution in [1.82, 2.24) is 5.32 Å². The number of halogens is 1. The number of hydrogen-bond donors (Lipinski definition) is 1. The summed E-state index contributed by atoms with van der Waals surface area (Å²) in [5.41, 5.74) is 5.15. The molecule has 0 bridgehead atoms. The molecule has 5 rings (SSSR count). The molecule has 1 aliphatic heterocycles. The molecule has 0 spiro atoms. The van der Waals surface area contributed by atoms with Crippen molar-refractivity contribution in [2.45, 2.75) is 38.0 Å². The molecule has 9 heteroatoms. The lowest BCUT2D eigenvalue weighted by molar-refractivity contribution is -0.139. The summed E-state index contributed by atoms with van der Waals surface area (Å²) in [5, 5.41) is 3.42. The molecule has 2 aliphatic rings. The van der Waals surface area contributed by atoms with Crippen LogP contribution >= 0.6 is 15.9 Å². The van der Waals surface area contributed by atoms with E-state index in [1.165, 1.54) is 0 Å². The van der Waals surface area contributed by atoms with Crippen molar-refractivity contribution in [2.24, 2.45) is 0 Å². The highest BCUT2D eigenvalue weighted by Gasteiger charge is 2.42. The summed E-state index contributed by atoms with van der Waals surface area (Å²) in [6, 6.07) is 19.3. The number of hydrogen-bond acceptors (Lipinski definition) is 8. The van der Waals surface area contributed by atoms with Gasteiger partial charge in [-0.2, -0.15) is 0 Å². The minimum absolute atomic E-state index is 0.0449. The maximum Gasteiger partial charge on any atom is 0.336 e. The van der Waals surface area contributed by atoms with Gasteiger partial charge in [0.05, 0.1) is 45.1 Å². The highest BCUT2D eigenvalue weighted by atomic mass is 79.9. The molecule has 0 radical (unpaired) electrons. The van der Waals surface area contributed by atoms with Crippen LogP contribution in [-0.2, 0) is 20.7 Å². The average molecular weight is 663 g/mol. The van der Waals surface area contributed by atoms with Crippen LogP contribution in [0.5, 0.6) is 23.0 Å². The Hall–Kier alpha value is -4.24. The SMILES string of the molecule is COc1ccc([C@H]2CC(=O)C3=C(C2)NC(C)=C(C(=O)OCCc2ccccc2)[C@H]3c2cc(Br)c(OC)c(OC)c2)cc1OC. The number of carbonyl (C=O) groups is 2. The number of rotatable bonds is 10. The van der Waals surface area contributed by atoms with Gasteiger partial charge in [-0.1, -0.05) is 36.4 Å². The topological polar surface area (TPSA) is 92.3 Å². The molecule has 0 saturated heterocycles. The maximum absolute atomic E-state index is 14.1. The molecule has 0 unspecified atom stereocenters. The van der Waals surface area contributed by atoms with Gasteiger partial charge in [-0.05, 0) is 76.1 Å². The van der Waals surface area contributed by atoms with Crippen LogP contribution in [-0.4, -0.2) is 46.8 Å². The standard InChI is InChI=1S/C35H36BrNO7/c1-20-31(35(39)44-14-13-21-9-7-6-8-10-21)32(24-15-25(36)34(43-5)30(19-24)42-4)33-26(37-20)16-23(17-27(33)38)22-11-12-28(40-2)29(18-22)41-3/h6-12,15,18-19,23,32,37H,13-14,16-17H2,1-5H3/t23-,32-/m1/s1. The smallest absolute Gasteiger partial charge is 0.336 e. The van der Waals surface area contributed by atoms with E-state index < -0.39 is 11.9 Å². The van der Waals surface area contributed by atoms with Crippen molar-refractivity contribution in [3.05, 3.63) is 104 Å². The van der Waals surface area contributed by atoms with Gasteiger partial charge in [0.1, 0.15) is 0 Å². The molecule has 230 valence electrons. The summed E-state index contributed by atoms with van der Waals surface area (Å²) in [6.45, 7) is 2.06. The van der Waals surface area contributed by atoms with Gasteiger partial charge in [-0.3, -0.25) is 4.79 Å². The van der Waals surface area contributed by atoms with E-state index in [1.807, 2.05) is 67.6 Å². The molecule has 1 aliphatic carbocycles. The van der Waals surface area contributed by atoms with Gasteiger partial charge in [0.25, 0.3) is 0 Å². The van der Waals surface area contributed by atoms with Gasteiger partial charge in [-0.25, -0.2) is 4.79 Å². The Morgan fingerprint density at radius 3 is 2.25 bits per heavy atom. The van der Waals surface area contributed by atoms with Gasteiger partial charge < -0.3 is 29.0 Å². The highest BCUT2D eigenvalue weighted by molar-refractivity contribution is 9.10. The number of dihydropyridines is 1. The quantitative estimate of drug-likeness (QED) is 0.242. The van der Waals surface area contributed by atoms with Crippen LogP contribution in [0.4, 0.5) is 0 Å². The van der Waals surface area contributed by atoms with Crippen LogP contribution in [0.1, 0.15) is 48.3 Å². The van der Waals surface area contributed by atoms with Gasteiger partial charge in [0.2, 0.25) is 0 Å². The number of ether oxygens (including phenoxy) is 5. The summed E-state index contributed by atoms with van der Waals surface area (Å²) in [4.78, 5) is 27.9. The summed E-state index contributed by atoms with van der Waals surface area (Å²) in [6.07, 6.45) is 1.43. The summed E-state index contributed by atoms with van der Waals surface area (Å²) >= 11 is 3.60. The molecule has 44 heavy (non-hydrogen) atoms. The lowest BCUT2D eigenvalue weighted by atomic mass is 9.71. The third kappa shape index (κ3) is 6.19. The molecular weight excluding hydrogens is 626 g/mol. The van der Waals surface area contributed by atoms with Crippen molar-refractivity contribution in [3.8, 4) is 23.0 Å². The lowest BCUT2D eigenvalue weighted by Gasteiger charge is -2.37. The van der Waals surface area contributed by atoms with E-state index >= 15 is 0 Å². The van der Waals surface area contributed by atoms with Crippen LogP contribution in [0.25, 0.3) is 0 Å². The van der Waals surface area contributed by atoms with E-state index in [9.17, 15) is 9.59 Å². The largest absolute Gasteiger partial charge is 0.493 e. The monoisotopic (exact) mass is 661 g/mol. The Bertz CT molecular complexity index is 1630. The summed E-state index contributed by atoms with van der Waals surface area (Å²) in [7, 11) is 6.31. The maximum atomic E-state index is 14.1. The average Bonchev–Trinajstić information content (AvgIpc) is 3.03. The van der Waals surface area contributed by atoms with Crippen LogP contribution in [0.3, 0.4) is 0 Å². The van der Waals surface area contributed by atoms with E-state index in [4.69, 9.17) is 23.7 Å². The fourth-order valence-electron chi connectivity index (χ4n) is 6.07. The van der Waals surface area contributed by atoms with E-state index in [0.717, 1.165) is 22.4 Å². The second kappa shape index (κ2) is 13.6. The second-order valence-corrected chi connectivity index (χ2v) is 11.6. The van der Waals surface area contributed by atoms with E-state index in [2.05, 4.69) is 21.2 Å². The molecule has 1 heterocycles. The van der Waals surface area contributed by atoms with E-state index in [0.29, 0.717) is 57.2 Å². The third-order valence-corrected chi connectivity index (χ3v) is 8.77. The fraction of sp³-hybridized carbons (Fsp3) is 0.314.